The predicted octanol–water partition coefficient (Wildman–Crippen LogP) is 15.0. The van der Waals surface area contributed by atoms with Gasteiger partial charge in [-0.2, -0.15) is 0 Å². The van der Waals surface area contributed by atoms with Crippen molar-refractivity contribution in [1.29, 1.82) is 0 Å². The number of benzene rings is 6. The molecule has 0 fully saturated rings. The second-order valence-electron chi connectivity index (χ2n) is 24.4. The van der Waals surface area contributed by atoms with Gasteiger partial charge in [0.1, 0.15) is 0 Å². The number of anilines is 3. The number of hydrogen-bond donors (Lipinski definition) is 0. The molecule has 0 unspecified atom stereocenters. The van der Waals surface area contributed by atoms with Crippen LogP contribution in [0.5, 0.6) is 0 Å². The number of fused-ring (bicyclic) bond motifs is 13. The number of nitrogens with zero attached hydrogens (tertiary/aromatic N) is 1. The molecule has 0 N–H and O–H groups in total. The molecule has 12 rings (SSSR count). The van der Waals surface area contributed by atoms with Crippen molar-refractivity contribution in [2.75, 3.05) is 4.90 Å². The van der Waals surface area contributed by atoms with Crippen molar-refractivity contribution >= 4 is 71.7 Å². The van der Waals surface area contributed by atoms with E-state index in [-0.39, 0.29) is 39.2 Å². The largest absolute Gasteiger partial charge is 0.311 e. The molecule has 0 amide bonds. The normalized spacial score (nSPS) is 21.0. The van der Waals surface area contributed by atoms with E-state index in [1.807, 2.05) is 11.3 Å². The van der Waals surface area contributed by atoms with Gasteiger partial charge in [0.2, 0.25) is 6.71 Å². The van der Waals surface area contributed by atoms with E-state index < -0.39 is 0 Å². The molecular weight excluding hydrogens is 778 g/mol. The van der Waals surface area contributed by atoms with Crippen LogP contribution in [-0.2, 0) is 32.5 Å². The molecule has 0 radical (unpaired) electrons. The van der Waals surface area contributed by atoms with Gasteiger partial charge in [-0.1, -0.05) is 149 Å². The number of thiophene rings is 1. The Balaban J connectivity index is 1.26. The topological polar surface area (TPSA) is 3.24 Å². The number of hydrogen-bond acceptors (Lipinski definition) is 2. The maximum Gasteiger partial charge on any atom is 0.248 e. The molecule has 63 heavy (non-hydrogen) atoms. The Morgan fingerprint density at radius 2 is 1.02 bits per heavy atom. The molecule has 3 heterocycles. The van der Waals surface area contributed by atoms with E-state index >= 15 is 0 Å². The van der Waals surface area contributed by atoms with Crippen molar-refractivity contribution < 1.29 is 0 Å². The SMILES string of the molecule is CC1(C)CCC(C)(C)c2c(N3c4cc(-c5ccc6sc7ccccc7c6c5)cc5c4B(c4ccc6c(c4-5)C(C)(C)CCC6(C)C)c4ccc5c(c43)C(C)(C)CCC5(C)C)cccc21. The monoisotopic (exact) mass is 841 g/mol. The van der Waals surface area contributed by atoms with Gasteiger partial charge in [0.15, 0.2) is 0 Å². The van der Waals surface area contributed by atoms with E-state index in [9.17, 15) is 0 Å². The summed E-state index contributed by atoms with van der Waals surface area (Å²) in [5, 5.41) is 2.72. The van der Waals surface area contributed by atoms with Crippen molar-refractivity contribution in [3.05, 3.63) is 130 Å². The third-order valence-corrected chi connectivity index (χ3v) is 18.7. The maximum atomic E-state index is 2.87. The van der Waals surface area contributed by atoms with Gasteiger partial charge < -0.3 is 4.90 Å². The van der Waals surface area contributed by atoms with Gasteiger partial charge in [-0.3, -0.25) is 0 Å². The maximum absolute atomic E-state index is 2.87. The van der Waals surface area contributed by atoms with E-state index in [1.165, 1.54) is 131 Å². The van der Waals surface area contributed by atoms with E-state index in [0.29, 0.717) is 0 Å². The Morgan fingerprint density at radius 3 is 1.71 bits per heavy atom. The quantitative estimate of drug-likeness (QED) is 0.157. The summed E-state index contributed by atoms with van der Waals surface area (Å²) in [5.74, 6) is 0. The average Bonchev–Trinajstić information content (AvgIpc) is 3.78. The van der Waals surface area contributed by atoms with Crippen LogP contribution in [-0.4, -0.2) is 6.71 Å². The van der Waals surface area contributed by atoms with E-state index in [0.717, 1.165) is 0 Å². The molecule has 6 aromatic carbocycles. The van der Waals surface area contributed by atoms with Crippen LogP contribution in [0.1, 0.15) is 155 Å². The minimum atomic E-state index is 0.00433. The lowest BCUT2D eigenvalue weighted by molar-refractivity contribution is 0.331. The molecule has 0 saturated carbocycles. The van der Waals surface area contributed by atoms with E-state index in [4.69, 9.17) is 0 Å². The van der Waals surface area contributed by atoms with Crippen molar-refractivity contribution in [1.82, 2.24) is 0 Å². The second kappa shape index (κ2) is 12.6. The van der Waals surface area contributed by atoms with Crippen LogP contribution in [0.2, 0.25) is 0 Å². The summed E-state index contributed by atoms with van der Waals surface area (Å²) >= 11 is 1.92. The molecule has 3 heteroatoms. The van der Waals surface area contributed by atoms with Gasteiger partial charge >= 0.3 is 0 Å². The highest BCUT2D eigenvalue weighted by Crippen LogP contribution is 2.58. The third-order valence-electron chi connectivity index (χ3n) is 17.6. The lowest BCUT2D eigenvalue weighted by Gasteiger charge is -2.49. The van der Waals surface area contributed by atoms with Gasteiger partial charge in [0.25, 0.3) is 0 Å². The molecule has 0 atom stereocenters. The molecule has 1 aromatic heterocycles. The Hall–Kier alpha value is -4.60. The Bertz CT molecular complexity index is 3150. The fourth-order valence-corrected chi connectivity index (χ4v) is 14.7. The highest BCUT2D eigenvalue weighted by atomic mass is 32.1. The summed E-state index contributed by atoms with van der Waals surface area (Å²) in [7, 11) is 0. The van der Waals surface area contributed by atoms with Crippen molar-refractivity contribution in [2.45, 2.75) is 154 Å². The zero-order valence-corrected chi connectivity index (χ0v) is 40.7. The smallest absolute Gasteiger partial charge is 0.248 e. The van der Waals surface area contributed by atoms with Crippen LogP contribution in [0.25, 0.3) is 42.4 Å². The lowest BCUT2D eigenvalue weighted by Crippen LogP contribution is -2.56. The molecule has 3 aliphatic carbocycles. The third kappa shape index (κ3) is 5.41. The van der Waals surface area contributed by atoms with Crippen molar-refractivity contribution in [3.8, 4) is 22.3 Å². The molecule has 0 spiro atoms. The van der Waals surface area contributed by atoms with Gasteiger partial charge in [-0.25, -0.2) is 0 Å². The minimum Gasteiger partial charge on any atom is -0.311 e. The molecule has 7 aromatic rings. The van der Waals surface area contributed by atoms with Crippen LogP contribution < -0.4 is 21.3 Å². The summed E-state index contributed by atoms with van der Waals surface area (Å²) in [4.78, 5) is 2.87. The molecule has 0 bridgehead atoms. The molecule has 2 aliphatic heterocycles. The number of rotatable bonds is 2. The van der Waals surface area contributed by atoms with Gasteiger partial charge in [0, 0.05) is 31.5 Å². The molecule has 1 nitrogen and oxygen atoms in total. The van der Waals surface area contributed by atoms with E-state index in [1.54, 1.807) is 16.7 Å². The lowest BCUT2D eigenvalue weighted by atomic mass is 9.36. The fourth-order valence-electron chi connectivity index (χ4n) is 13.7. The summed E-state index contributed by atoms with van der Waals surface area (Å²) in [6.45, 7) is 30.4. The standard InChI is InChI=1S/C60H64BNS/c1-55(2)26-29-58(7,8)50-40(55)17-15-18-45(50)62-46-34-36(35-20-25-48-38(32-35)37-16-13-14-19-47(37)63-48)33-39-49-43(23-21-41-51(49)59(9,10)30-27-56(41,3)4)61(53(39)46)44-24-22-42-52(54(44)62)60(11,12)31-28-57(42,5)6/h13-25,32-34H,26-31H2,1-12H3. The van der Waals surface area contributed by atoms with Gasteiger partial charge in [0.05, 0.1) is 5.69 Å². The first-order valence-electron chi connectivity index (χ1n) is 24.1. The Labute approximate surface area is 381 Å². The van der Waals surface area contributed by atoms with Crippen LogP contribution in [0, 0.1) is 0 Å². The first-order chi connectivity index (χ1) is 29.7. The zero-order chi connectivity index (χ0) is 44.0. The summed E-state index contributed by atoms with van der Waals surface area (Å²) in [6, 6.07) is 39.2. The minimum absolute atomic E-state index is 0.00433. The van der Waals surface area contributed by atoms with Crippen LogP contribution in [0.4, 0.5) is 17.1 Å². The Morgan fingerprint density at radius 1 is 0.444 bits per heavy atom. The first kappa shape index (κ1) is 40.0. The van der Waals surface area contributed by atoms with Crippen LogP contribution in [0.3, 0.4) is 0 Å². The predicted molar refractivity (Wildman–Crippen MR) is 275 cm³/mol. The van der Waals surface area contributed by atoms with Crippen LogP contribution >= 0.6 is 11.3 Å². The van der Waals surface area contributed by atoms with Crippen molar-refractivity contribution in [3.63, 3.8) is 0 Å². The van der Waals surface area contributed by atoms with Crippen molar-refractivity contribution in [2.24, 2.45) is 0 Å². The zero-order valence-electron chi connectivity index (χ0n) is 39.9. The Kier molecular flexibility index (Phi) is 7.99. The fraction of sp³-hybridized carbons (Fsp3) is 0.400. The molecule has 318 valence electrons. The van der Waals surface area contributed by atoms with Gasteiger partial charge in [-0.05, 0) is 174 Å². The molecular formula is C60H64BNS. The van der Waals surface area contributed by atoms with Crippen LogP contribution in [0.15, 0.2) is 97.1 Å². The molecule has 0 saturated heterocycles. The second-order valence-corrected chi connectivity index (χ2v) is 25.5. The summed E-state index contributed by atoms with van der Waals surface area (Å²) < 4.78 is 2.72. The molecule has 5 aliphatic rings. The summed E-state index contributed by atoms with van der Waals surface area (Å²) in [5.41, 5.74) is 24.0. The average molecular weight is 842 g/mol. The highest BCUT2D eigenvalue weighted by Gasteiger charge is 2.52. The summed E-state index contributed by atoms with van der Waals surface area (Å²) in [6.07, 6.45) is 7.14. The highest BCUT2D eigenvalue weighted by molar-refractivity contribution is 7.25. The first-order valence-corrected chi connectivity index (χ1v) is 24.9. The van der Waals surface area contributed by atoms with Gasteiger partial charge in [-0.15, -0.1) is 11.3 Å². The van der Waals surface area contributed by atoms with E-state index in [2.05, 4.69) is 185 Å².